The van der Waals surface area contributed by atoms with Gasteiger partial charge in [-0.3, -0.25) is 9.13 Å². The minimum atomic E-state index is -0.0739. The Morgan fingerprint density at radius 3 is 2.55 bits per heavy atom. The number of allylic oxidation sites excluding steroid dienone is 2. The summed E-state index contributed by atoms with van der Waals surface area (Å²) < 4.78 is 3.35. The quantitative estimate of drug-likeness (QED) is 0.754. The van der Waals surface area contributed by atoms with Gasteiger partial charge in [-0.1, -0.05) is 36.9 Å². The molecule has 0 aliphatic rings. The molecule has 0 saturated heterocycles. The van der Waals surface area contributed by atoms with Crippen LogP contribution in [-0.2, 0) is 7.05 Å². The molecule has 110 valence electrons. The highest BCUT2D eigenvalue weighted by Gasteiger charge is 2.12. The predicted molar refractivity (Wildman–Crippen MR) is 90.9 cm³/mol. The molecule has 0 bridgehead atoms. The van der Waals surface area contributed by atoms with Crippen LogP contribution in [0, 0.1) is 0 Å². The largest absolute Gasteiger partial charge is 0.404 e. The van der Waals surface area contributed by atoms with E-state index >= 15 is 0 Å². The summed E-state index contributed by atoms with van der Waals surface area (Å²) in [6.07, 6.45) is 3.21. The number of aryl methyl sites for hydroxylation is 1. The Morgan fingerprint density at radius 1 is 1.14 bits per heavy atom. The second kappa shape index (κ2) is 5.41. The smallest absolute Gasteiger partial charge is 0.333 e. The second-order valence-corrected chi connectivity index (χ2v) is 5.04. The van der Waals surface area contributed by atoms with Gasteiger partial charge in [0.2, 0.25) is 0 Å². The van der Waals surface area contributed by atoms with Crippen LogP contribution >= 0.6 is 0 Å². The third-order valence-corrected chi connectivity index (χ3v) is 3.80. The molecule has 4 heteroatoms. The maximum atomic E-state index is 12.6. The fourth-order valence-corrected chi connectivity index (χ4v) is 2.65. The molecule has 0 aliphatic heterocycles. The lowest BCUT2D eigenvalue weighted by Gasteiger charge is -2.07. The summed E-state index contributed by atoms with van der Waals surface area (Å²) in [7, 11) is 1.78. The molecule has 0 fully saturated rings. The van der Waals surface area contributed by atoms with Gasteiger partial charge in [0, 0.05) is 13.2 Å². The van der Waals surface area contributed by atoms with Crippen molar-refractivity contribution in [1.29, 1.82) is 0 Å². The van der Waals surface area contributed by atoms with Crippen LogP contribution in [0.25, 0.3) is 22.3 Å². The summed E-state index contributed by atoms with van der Waals surface area (Å²) in [5.41, 5.74) is 9.89. The van der Waals surface area contributed by atoms with Crippen molar-refractivity contribution in [2.75, 3.05) is 0 Å². The zero-order chi connectivity index (χ0) is 15.7. The number of nitrogens with two attached hydrogens (primary N) is 1. The first-order valence-electron chi connectivity index (χ1n) is 6.99. The maximum absolute atomic E-state index is 12.6. The first kappa shape index (κ1) is 13.9. The van der Waals surface area contributed by atoms with Crippen LogP contribution in [0.15, 0.2) is 72.2 Å². The summed E-state index contributed by atoms with van der Waals surface area (Å²) in [4.78, 5) is 12.6. The summed E-state index contributed by atoms with van der Waals surface area (Å²) in [6, 6.07) is 15.4. The van der Waals surface area contributed by atoms with E-state index in [1.807, 2.05) is 48.5 Å². The number of benzene rings is 2. The molecule has 1 heterocycles. The number of aromatic nitrogens is 2. The normalized spacial score (nSPS) is 11.8. The Hall–Kier alpha value is -3.01. The van der Waals surface area contributed by atoms with Gasteiger partial charge in [-0.15, -0.1) is 0 Å². The molecule has 4 nitrogen and oxygen atoms in total. The lowest BCUT2D eigenvalue weighted by Crippen LogP contribution is -2.20. The minimum Gasteiger partial charge on any atom is -0.404 e. The van der Waals surface area contributed by atoms with Crippen molar-refractivity contribution in [1.82, 2.24) is 9.13 Å². The lowest BCUT2D eigenvalue weighted by atomic mass is 10.1. The molecule has 2 N–H and O–H groups in total. The average Bonchev–Trinajstić information content (AvgIpc) is 2.81. The molecule has 1 aromatic heterocycles. The summed E-state index contributed by atoms with van der Waals surface area (Å²) in [5, 5.41) is 0. The van der Waals surface area contributed by atoms with Gasteiger partial charge in [-0.2, -0.15) is 0 Å². The van der Waals surface area contributed by atoms with Gasteiger partial charge in [0.1, 0.15) is 0 Å². The van der Waals surface area contributed by atoms with Crippen LogP contribution < -0.4 is 11.4 Å². The Kier molecular flexibility index (Phi) is 3.43. The van der Waals surface area contributed by atoms with Crippen molar-refractivity contribution < 1.29 is 0 Å². The fourth-order valence-electron chi connectivity index (χ4n) is 2.65. The first-order chi connectivity index (χ1) is 10.7. The van der Waals surface area contributed by atoms with Gasteiger partial charge >= 0.3 is 5.69 Å². The molecule has 0 spiro atoms. The van der Waals surface area contributed by atoms with Crippen molar-refractivity contribution in [2.24, 2.45) is 12.8 Å². The Bertz CT molecular complexity index is 944. The molecule has 2 aromatic carbocycles. The van der Waals surface area contributed by atoms with Gasteiger partial charge in [0.15, 0.2) is 0 Å². The monoisotopic (exact) mass is 291 g/mol. The summed E-state index contributed by atoms with van der Waals surface area (Å²) in [6.45, 7) is 3.76. The van der Waals surface area contributed by atoms with E-state index in [9.17, 15) is 4.79 Å². The van der Waals surface area contributed by atoms with Gasteiger partial charge in [0.25, 0.3) is 0 Å². The molecule has 3 rings (SSSR count). The molecule has 0 atom stereocenters. The van der Waals surface area contributed by atoms with E-state index in [0.717, 1.165) is 27.9 Å². The Morgan fingerprint density at radius 2 is 1.86 bits per heavy atom. The van der Waals surface area contributed by atoms with Gasteiger partial charge in [-0.05, 0) is 35.4 Å². The van der Waals surface area contributed by atoms with E-state index in [2.05, 4.69) is 6.58 Å². The van der Waals surface area contributed by atoms with Crippen molar-refractivity contribution in [3.8, 4) is 5.69 Å². The minimum absolute atomic E-state index is 0.0739. The molecular formula is C18H17N3O. The van der Waals surface area contributed by atoms with Crippen molar-refractivity contribution in [3.63, 3.8) is 0 Å². The zero-order valence-electron chi connectivity index (χ0n) is 12.4. The van der Waals surface area contributed by atoms with Gasteiger partial charge in [0.05, 0.1) is 16.7 Å². The summed E-state index contributed by atoms with van der Waals surface area (Å²) in [5.74, 6) is 0. The van der Waals surface area contributed by atoms with Crippen molar-refractivity contribution >= 4 is 16.6 Å². The van der Waals surface area contributed by atoms with Gasteiger partial charge in [-0.25, -0.2) is 4.79 Å². The molecular weight excluding hydrogens is 274 g/mol. The van der Waals surface area contributed by atoms with E-state index in [1.54, 1.807) is 22.3 Å². The van der Waals surface area contributed by atoms with E-state index in [4.69, 9.17) is 5.73 Å². The number of hydrogen-bond acceptors (Lipinski definition) is 2. The third kappa shape index (κ3) is 2.05. The topological polar surface area (TPSA) is 52.9 Å². The van der Waals surface area contributed by atoms with Crippen LogP contribution in [-0.4, -0.2) is 9.13 Å². The van der Waals surface area contributed by atoms with Crippen molar-refractivity contribution in [2.45, 2.75) is 0 Å². The fraction of sp³-hybridized carbons (Fsp3) is 0.0556. The SMILES string of the molecule is C=C/C(=C\N)c1cccc(-n2c(=O)n(C)c3ccccc32)c1. The number of para-hydroxylation sites is 2. The Balaban J connectivity index is 2.29. The van der Waals surface area contributed by atoms with Crippen molar-refractivity contribution in [3.05, 3.63) is 83.4 Å². The Labute approximate surface area is 128 Å². The van der Waals surface area contributed by atoms with E-state index in [-0.39, 0.29) is 5.69 Å². The number of fused-ring (bicyclic) bond motifs is 1. The molecule has 0 aliphatic carbocycles. The first-order valence-corrected chi connectivity index (χ1v) is 6.99. The van der Waals surface area contributed by atoms with E-state index in [1.165, 1.54) is 6.20 Å². The highest BCUT2D eigenvalue weighted by Crippen LogP contribution is 2.21. The van der Waals surface area contributed by atoms with E-state index in [0.29, 0.717) is 0 Å². The molecule has 3 aromatic rings. The standard InChI is InChI=1S/C18H17N3O/c1-3-13(12-19)14-7-6-8-15(11-14)21-17-10-5-4-9-16(17)20(2)18(21)22/h3-12H,1,19H2,2H3/b13-12+. The number of rotatable bonds is 3. The lowest BCUT2D eigenvalue weighted by molar-refractivity contribution is 0.846. The highest BCUT2D eigenvalue weighted by molar-refractivity contribution is 5.79. The average molecular weight is 291 g/mol. The third-order valence-electron chi connectivity index (χ3n) is 3.80. The number of hydrogen-bond donors (Lipinski definition) is 1. The molecule has 0 saturated carbocycles. The van der Waals surface area contributed by atoms with Crippen LogP contribution in [0.4, 0.5) is 0 Å². The summed E-state index contributed by atoms with van der Waals surface area (Å²) >= 11 is 0. The molecule has 0 radical (unpaired) electrons. The maximum Gasteiger partial charge on any atom is 0.333 e. The molecule has 0 unspecified atom stereocenters. The zero-order valence-corrected chi connectivity index (χ0v) is 12.4. The van der Waals surface area contributed by atoms with Gasteiger partial charge < -0.3 is 5.73 Å². The van der Waals surface area contributed by atoms with Crippen LogP contribution in [0.1, 0.15) is 5.56 Å². The van der Waals surface area contributed by atoms with Crippen LogP contribution in [0.5, 0.6) is 0 Å². The number of imidazole rings is 1. The number of nitrogens with zero attached hydrogens (tertiary/aromatic N) is 2. The van der Waals surface area contributed by atoms with E-state index < -0.39 is 0 Å². The van der Waals surface area contributed by atoms with Crippen LogP contribution in [0.2, 0.25) is 0 Å². The molecule has 0 amide bonds. The predicted octanol–water partition coefficient (Wildman–Crippen LogP) is 2.81. The second-order valence-electron chi connectivity index (χ2n) is 5.04. The highest BCUT2D eigenvalue weighted by atomic mass is 16.1. The molecule has 22 heavy (non-hydrogen) atoms. The van der Waals surface area contributed by atoms with Crippen LogP contribution in [0.3, 0.4) is 0 Å².